The molecule has 1 aromatic heterocycles. The van der Waals surface area contributed by atoms with Crippen LogP contribution in [0.4, 0.5) is 4.79 Å². The summed E-state index contributed by atoms with van der Waals surface area (Å²) in [5.41, 5.74) is 0. The Labute approximate surface area is 95.1 Å². The minimum atomic E-state index is 0.0110. The summed E-state index contributed by atoms with van der Waals surface area (Å²) in [5.74, 6) is 0. The molecule has 0 aliphatic carbocycles. The summed E-state index contributed by atoms with van der Waals surface area (Å²) >= 11 is 1.68. The zero-order chi connectivity index (χ0) is 11.1. The number of hydrogen-bond acceptors (Lipinski definition) is 2. The molecule has 0 unspecified atom stereocenters. The van der Waals surface area contributed by atoms with Crippen molar-refractivity contribution < 1.29 is 4.79 Å². The van der Waals surface area contributed by atoms with Gasteiger partial charge < -0.3 is 10.2 Å². The van der Waals surface area contributed by atoms with Crippen LogP contribution in [-0.4, -0.2) is 24.5 Å². The third-order valence-corrected chi connectivity index (χ3v) is 2.99. The number of carbonyl (C=O) groups is 1. The summed E-state index contributed by atoms with van der Waals surface area (Å²) in [6, 6.07) is 4.06. The Morgan fingerprint density at radius 2 is 2.40 bits per heavy atom. The molecule has 1 aromatic rings. The van der Waals surface area contributed by atoms with Crippen LogP contribution in [-0.2, 0) is 6.54 Å². The molecular weight excluding hydrogens is 208 g/mol. The third kappa shape index (κ3) is 4.34. The number of unbranched alkanes of at least 4 members (excludes halogenated alkanes) is 1. The van der Waals surface area contributed by atoms with Crippen molar-refractivity contribution in [1.82, 2.24) is 10.2 Å². The van der Waals surface area contributed by atoms with Crippen LogP contribution in [0, 0.1) is 0 Å². The molecule has 0 aliphatic heterocycles. The summed E-state index contributed by atoms with van der Waals surface area (Å²) in [5, 5.41) is 4.91. The number of nitrogens with one attached hydrogen (secondary N) is 1. The first-order chi connectivity index (χ1) is 7.24. The van der Waals surface area contributed by atoms with Crippen molar-refractivity contribution in [2.45, 2.75) is 26.3 Å². The lowest BCUT2D eigenvalue weighted by molar-refractivity contribution is 0.207. The van der Waals surface area contributed by atoms with Gasteiger partial charge in [0, 0.05) is 18.5 Å². The lowest BCUT2D eigenvalue weighted by Gasteiger charge is -2.16. The molecule has 0 saturated heterocycles. The number of hydrogen-bond donors (Lipinski definition) is 1. The second kappa shape index (κ2) is 6.45. The van der Waals surface area contributed by atoms with Gasteiger partial charge in [-0.05, 0) is 17.9 Å². The first kappa shape index (κ1) is 12.0. The SMILES string of the molecule is CCCCNC(=O)N(C)Cc1cccs1. The van der Waals surface area contributed by atoms with Crippen LogP contribution >= 0.6 is 11.3 Å². The van der Waals surface area contributed by atoms with E-state index in [1.807, 2.05) is 24.6 Å². The Morgan fingerprint density at radius 3 is 3.00 bits per heavy atom. The van der Waals surface area contributed by atoms with Crippen molar-refractivity contribution in [3.8, 4) is 0 Å². The highest BCUT2D eigenvalue weighted by molar-refractivity contribution is 7.09. The highest BCUT2D eigenvalue weighted by atomic mass is 32.1. The summed E-state index contributed by atoms with van der Waals surface area (Å²) in [4.78, 5) is 14.5. The summed E-state index contributed by atoms with van der Waals surface area (Å²) in [6.07, 6.45) is 2.15. The maximum absolute atomic E-state index is 11.6. The third-order valence-electron chi connectivity index (χ3n) is 2.13. The molecule has 0 aromatic carbocycles. The number of nitrogens with zero attached hydrogens (tertiary/aromatic N) is 1. The Morgan fingerprint density at radius 1 is 1.60 bits per heavy atom. The number of amides is 2. The summed E-state index contributed by atoms with van der Waals surface area (Å²) in [6.45, 7) is 3.57. The molecule has 0 atom stereocenters. The van der Waals surface area contributed by atoms with E-state index in [-0.39, 0.29) is 6.03 Å². The minimum absolute atomic E-state index is 0.0110. The predicted octanol–water partition coefficient (Wildman–Crippen LogP) is 2.69. The van der Waals surface area contributed by atoms with Gasteiger partial charge in [0.15, 0.2) is 0 Å². The standard InChI is InChI=1S/C11H18N2OS/c1-3-4-7-12-11(14)13(2)9-10-6-5-8-15-10/h5-6,8H,3-4,7,9H2,1-2H3,(H,12,14). The molecule has 0 aliphatic rings. The lowest BCUT2D eigenvalue weighted by atomic mass is 10.3. The van der Waals surface area contributed by atoms with E-state index in [2.05, 4.69) is 12.2 Å². The largest absolute Gasteiger partial charge is 0.338 e. The van der Waals surface area contributed by atoms with Crippen LogP contribution in [0.25, 0.3) is 0 Å². The van der Waals surface area contributed by atoms with Crippen molar-refractivity contribution in [3.05, 3.63) is 22.4 Å². The summed E-state index contributed by atoms with van der Waals surface area (Å²) < 4.78 is 0. The van der Waals surface area contributed by atoms with Gasteiger partial charge in [0.1, 0.15) is 0 Å². The fraction of sp³-hybridized carbons (Fsp3) is 0.545. The van der Waals surface area contributed by atoms with Crippen LogP contribution in [0.5, 0.6) is 0 Å². The fourth-order valence-corrected chi connectivity index (χ4v) is 1.97. The lowest BCUT2D eigenvalue weighted by Crippen LogP contribution is -2.37. The average molecular weight is 226 g/mol. The van der Waals surface area contributed by atoms with Crippen LogP contribution in [0.15, 0.2) is 17.5 Å². The van der Waals surface area contributed by atoms with E-state index in [1.54, 1.807) is 16.2 Å². The number of carbonyl (C=O) groups excluding carboxylic acids is 1. The fourth-order valence-electron chi connectivity index (χ4n) is 1.22. The average Bonchev–Trinajstić information content (AvgIpc) is 2.70. The van der Waals surface area contributed by atoms with Crippen molar-refractivity contribution in [2.24, 2.45) is 0 Å². The van der Waals surface area contributed by atoms with E-state index < -0.39 is 0 Å². The minimum Gasteiger partial charge on any atom is -0.338 e. The van der Waals surface area contributed by atoms with E-state index in [4.69, 9.17) is 0 Å². The Kier molecular flexibility index (Phi) is 5.18. The van der Waals surface area contributed by atoms with Gasteiger partial charge in [-0.1, -0.05) is 19.4 Å². The Hall–Kier alpha value is -1.03. The molecule has 15 heavy (non-hydrogen) atoms. The molecule has 4 heteroatoms. The normalized spacial score (nSPS) is 10.0. The van der Waals surface area contributed by atoms with Gasteiger partial charge >= 0.3 is 6.03 Å². The Balaban J connectivity index is 2.27. The molecule has 1 N–H and O–H groups in total. The zero-order valence-electron chi connectivity index (χ0n) is 9.32. The van der Waals surface area contributed by atoms with Gasteiger partial charge in [0.05, 0.1) is 6.54 Å². The van der Waals surface area contributed by atoms with Gasteiger partial charge in [0.25, 0.3) is 0 Å². The highest BCUT2D eigenvalue weighted by Crippen LogP contribution is 2.10. The van der Waals surface area contributed by atoms with Crippen molar-refractivity contribution in [1.29, 1.82) is 0 Å². The topological polar surface area (TPSA) is 32.3 Å². The molecule has 0 fully saturated rings. The maximum atomic E-state index is 11.6. The van der Waals surface area contributed by atoms with Crippen molar-refractivity contribution >= 4 is 17.4 Å². The first-order valence-corrected chi connectivity index (χ1v) is 6.13. The van der Waals surface area contributed by atoms with Gasteiger partial charge in [-0.15, -0.1) is 11.3 Å². The van der Waals surface area contributed by atoms with Gasteiger partial charge in [-0.25, -0.2) is 4.79 Å². The van der Waals surface area contributed by atoms with Crippen LogP contribution < -0.4 is 5.32 Å². The molecule has 0 radical (unpaired) electrons. The van der Waals surface area contributed by atoms with E-state index in [0.717, 1.165) is 19.4 Å². The summed E-state index contributed by atoms with van der Waals surface area (Å²) in [7, 11) is 1.82. The van der Waals surface area contributed by atoms with Gasteiger partial charge in [0.2, 0.25) is 0 Å². The molecule has 1 rings (SSSR count). The first-order valence-electron chi connectivity index (χ1n) is 5.25. The van der Waals surface area contributed by atoms with E-state index in [1.165, 1.54) is 4.88 Å². The second-order valence-electron chi connectivity index (χ2n) is 3.52. The number of urea groups is 1. The number of rotatable bonds is 5. The molecule has 3 nitrogen and oxygen atoms in total. The van der Waals surface area contributed by atoms with Gasteiger partial charge in [-0.3, -0.25) is 0 Å². The van der Waals surface area contributed by atoms with Crippen LogP contribution in [0.2, 0.25) is 0 Å². The molecular formula is C11H18N2OS. The van der Waals surface area contributed by atoms with E-state index in [9.17, 15) is 4.79 Å². The van der Waals surface area contributed by atoms with Crippen LogP contribution in [0.1, 0.15) is 24.6 Å². The second-order valence-corrected chi connectivity index (χ2v) is 4.55. The Bertz CT molecular complexity index is 285. The monoisotopic (exact) mass is 226 g/mol. The molecule has 0 spiro atoms. The van der Waals surface area contributed by atoms with Crippen molar-refractivity contribution in [3.63, 3.8) is 0 Å². The van der Waals surface area contributed by atoms with Gasteiger partial charge in [-0.2, -0.15) is 0 Å². The van der Waals surface area contributed by atoms with Crippen LogP contribution in [0.3, 0.4) is 0 Å². The molecule has 84 valence electrons. The molecule has 0 bridgehead atoms. The zero-order valence-corrected chi connectivity index (χ0v) is 10.1. The molecule has 2 amide bonds. The maximum Gasteiger partial charge on any atom is 0.317 e. The quantitative estimate of drug-likeness (QED) is 0.769. The predicted molar refractivity (Wildman–Crippen MR) is 64.1 cm³/mol. The molecule has 0 saturated carbocycles. The smallest absolute Gasteiger partial charge is 0.317 e. The van der Waals surface area contributed by atoms with Crippen molar-refractivity contribution in [2.75, 3.05) is 13.6 Å². The number of thiophene rings is 1. The van der Waals surface area contributed by atoms with E-state index in [0.29, 0.717) is 6.54 Å². The van der Waals surface area contributed by atoms with E-state index >= 15 is 0 Å². The highest BCUT2D eigenvalue weighted by Gasteiger charge is 2.07. The molecule has 1 heterocycles.